The second kappa shape index (κ2) is 5.50. The summed E-state index contributed by atoms with van der Waals surface area (Å²) in [5.41, 5.74) is 10.2. The summed E-state index contributed by atoms with van der Waals surface area (Å²) >= 11 is 0. The average molecular weight is 287 g/mol. The number of anilines is 1. The first-order chi connectivity index (χ1) is 10.1. The van der Waals surface area contributed by atoms with E-state index in [9.17, 15) is 9.90 Å². The molecule has 0 bridgehead atoms. The standard InChI is InChI=1S/C16H21N3O2/c1-10-6-7-11-4-2-3-5-13(11)15(10)18-16(21)19-9-12(20)8-14(19)17/h2,4,6-7,12,14,20H,3,5,8-9,17H2,1H3,(H,18,21)/t12-,14-/m1/s1. The molecule has 1 aliphatic heterocycles. The van der Waals surface area contributed by atoms with Gasteiger partial charge in [-0.1, -0.05) is 24.3 Å². The summed E-state index contributed by atoms with van der Waals surface area (Å²) in [5.74, 6) is 0. The molecule has 1 aromatic carbocycles. The number of aryl methyl sites for hydroxylation is 1. The van der Waals surface area contributed by atoms with Crippen molar-refractivity contribution in [2.75, 3.05) is 11.9 Å². The van der Waals surface area contributed by atoms with Crippen LogP contribution in [0.5, 0.6) is 0 Å². The number of likely N-dealkylation sites (tertiary alicyclic amines) is 1. The Hall–Kier alpha value is -1.85. The first-order valence-electron chi connectivity index (χ1n) is 7.36. The van der Waals surface area contributed by atoms with Crippen molar-refractivity contribution in [3.05, 3.63) is 34.9 Å². The van der Waals surface area contributed by atoms with Gasteiger partial charge in [-0.2, -0.15) is 0 Å². The molecule has 2 amide bonds. The molecule has 3 rings (SSSR count). The van der Waals surface area contributed by atoms with Gasteiger partial charge in [0.05, 0.1) is 18.8 Å². The van der Waals surface area contributed by atoms with Crippen LogP contribution in [-0.4, -0.2) is 34.9 Å². The van der Waals surface area contributed by atoms with Crippen molar-refractivity contribution in [2.24, 2.45) is 5.73 Å². The number of allylic oxidation sites excluding steroid dienone is 1. The van der Waals surface area contributed by atoms with Gasteiger partial charge in [0.15, 0.2) is 0 Å². The highest BCUT2D eigenvalue weighted by Gasteiger charge is 2.32. The number of urea groups is 1. The summed E-state index contributed by atoms with van der Waals surface area (Å²) in [7, 11) is 0. The van der Waals surface area contributed by atoms with Crippen molar-refractivity contribution < 1.29 is 9.90 Å². The lowest BCUT2D eigenvalue weighted by Crippen LogP contribution is -2.43. The smallest absolute Gasteiger partial charge is 0.323 e. The normalized spacial score (nSPS) is 24.0. The Bertz CT molecular complexity index is 597. The molecule has 5 heteroatoms. The van der Waals surface area contributed by atoms with Crippen LogP contribution < -0.4 is 11.1 Å². The molecule has 1 heterocycles. The molecule has 2 atom stereocenters. The Kier molecular flexibility index (Phi) is 3.69. The second-order valence-corrected chi connectivity index (χ2v) is 5.81. The van der Waals surface area contributed by atoms with Gasteiger partial charge >= 0.3 is 6.03 Å². The van der Waals surface area contributed by atoms with Gasteiger partial charge < -0.3 is 21.1 Å². The van der Waals surface area contributed by atoms with Crippen LogP contribution in [-0.2, 0) is 6.42 Å². The quantitative estimate of drug-likeness (QED) is 0.737. The van der Waals surface area contributed by atoms with Crippen molar-refractivity contribution in [1.82, 2.24) is 4.90 Å². The zero-order chi connectivity index (χ0) is 15.0. The minimum atomic E-state index is -0.528. The third kappa shape index (κ3) is 2.66. The van der Waals surface area contributed by atoms with Gasteiger partial charge in [0, 0.05) is 12.1 Å². The fourth-order valence-electron chi connectivity index (χ4n) is 3.07. The Labute approximate surface area is 124 Å². The Morgan fingerprint density at radius 3 is 3.00 bits per heavy atom. The Balaban J connectivity index is 1.85. The third-order valence-corrected chi connectivity index (χ3v) is 4.23. The van der Waals surface area contributed by atoms with Crippen LogP contribution in [0.2, 0.25) is 0 Å². The SMILES string of the molecule is Cc1ccc2c(c1NC(=O)N1C[C@H](O)C[C@@H]1N)CCC=C2. The molecule has 0 radical (unpaired) electrons. The van der Waals surface area contributed by atoms with E-state index in [0.29, 0.717) is 13.0 Å². The minimum absolute atomic E-state index is 0.231. The van der Waals surface area contributed by atoms with E-state index in [-0.39, 0.29) is 6.03 Å². The van der Waals surface area contributed by atoms with Gasteiger partial charge in [-0.05, 0) is 36.5 Å². The molecule has 1 aliphatic carbocycles. The fraction of sp³-hybridized carbons (Fsp3) is 0.438. The number of nitrogens with two attached hydrogens (primary N) is 1. The topological polar surface area (TPSA) is 78.6 Å². The molecule has 1 fully saturated rings. The predicted octanol–water partition coefficient (Wildman–Crippen LogP) is 1.84. The predicted molar refractivity (Wildman–Crippen MR) is 82.9 cm³/mol. The van der Waals surface area contributed by atoms with Crippen molar-refractivity contribution in [2.45, 2.75) is 38.5 Å². The number of nitrogens with one attached hydrogen (secondary N) is 1. The summed E-state index contributed by atoms with van der Waals surface area (Å²) in [5, 5.41) is 12.6. The number of aliphatic hydroxyl groups excluding tert-OH is 1. The number of hydrogen-bond acceptors (Lipinski definition) is 3. The van der Waals surface area contributed by atoms with Crippen LogP contribution in [0.25, 0.3) is 6.08 Å². The molecule has 0 saturated carbocycles. The van der Waals surface area contributed by atoms with E-state index in [0.717, 1.165) is 29.7 Å². The molecule has 0 spiro atoms. The van der Waals surface area contributed by atoms with Crippen LogP contribution in [0, 0.1) is 6.92 Å². The molecule has 5 nitrogen and oxygen atoms in total. The van der Waals surface area contributed by atoms with E-state index in [1.807, 2.05) is 13.0 Å². The number of carbonyl (C=O) groups is 1. The monoisotopic (exact) mass is 287 g/mol. The molecule has 112 valence electrons. The second-order valence-electron chi connectivity index (χ2n) is 5.81. The van der Waals surface area contributed by atoms with E-state index >= 15 is 0 Å². The van der Waals surface area contributed by atoms with Gasteiger partial charge in [0.2, 0.25) is 0 Å². The molecular weight excluding hydrogens is 266 g/mol. The lowest BCUT2D eigenvalue weighted by Gasteiger charge is -2.24. The number of nitrogens with zero attached hydrogens (tertiary/aromatic N) is 1. The summed E-state index contributed by atoms with van der Waals surface area (Å²) in [4.78, 5) is 13.9. The number of aliphatic hydroxyl groups is 1. The van der Waals surface area contributed by atoms with Gasteiger partial charge in [-0.15, -0.1) is 0 Å². The number of carbonyl (C=O) groups excluding carboxylic acids is 1. The van der Waals surface area contributed by atoms with Crippen molar-refractivity contribution in [3.8, 4) is 0 Å². The van der Waals surface area contributed by atoms with E-state index in [1.54, 1.807) is 0 Å². The van der Waals surface area contributed by atoms with E-state index < -0.39 is 12.3 Å². The van der Waals surface area contributed by atoms with Crippen molar-refractivity contribution in [3.63, 3.8) is 0 Å². The van der Waals surface area contributed by atoms with Crippen LogP contribution >= 0.6 is 0 Å². The molecule has 1 saturated heterocycles. The minimum Gasteiger partial charge on any atom is -0.391 e. The molecule has 2 aliphatic rings. The van der Waals surface area contributed by atoms with Crippen LogP contribution in [0.15, 0.2) is 18.2 Å². The maximum atomic E-state index is 12.4. The zero-order valence-electron chi connectivity index (χ0n) is 12.2. The van der Waals surface area contributed by atoms with Crippen LogP contribution in [0.3, 0.4) is 0 Å². The largest absolute Gasteiger partial charge is 0.391 e. The first kappa shape index (κ1) is 14.1. The Morgan fingerprint density at radius 2 is 2.29 bits per heavy atom. The van der Waals surface area contributed by atoms with E-state index in [1.165, 1.54) is 10.5 Å². The zero-order valence-corrected chi connectivity index (χ0v) is 12.2. The summed E-state index contributed by atoms with van der Waals surface area (Å²) in [6.45, 7) is 2.29. The van der Waals surface area contributed by atoms with E-state index in [4.69, 9.17) is 5.73 Å². The molecule has 21 heavy (non-hydrogen) atoms. The summed E-state index contributed by atoms with van der Waals surface area (Å²) in [6, 6.07) is 3.87. The molecule has 0 unspecified atom stereocenters. The third-order valence-electron chi connectivity index (χ3n) is 4.23. The number of benzene rings is 1. The Morgan fingerprint density at radius 1 is 1.48 bits per heavy atom. The van der Waals surface area contributed by atoms with Crippen LogP contribution in [0.1, 0.15) is 29.5 Å². The van der Waals surface area contributed by atoms with Gasteiger partial charge in [0.1, 0.15) is 0 Å². The molecule has 4 N–H and O–H groups in total. The van der Waals surface area contributed by atoms with Crippen LogP contribution in [0.4, 0.5) is 10.5 Å². The van der Waals surface area contributed by atoms with Crippen molar-refractivity contribution >= 4 is 17.8 Å². The highest BCUT2D eigenvalue weighted by Crippen LogP contribution is 2.30. The maximum absolute atomic E-state index is 12.4. The molecule has 1 aromatic rings. The van der Waals surface area contributed by atoms with Gasteiger partial charge in [-0.3, -0.25) is 0 Å². The highest BCUT2D eigenvalue weighted by molar-refractivity contribution is 5.92. The van der Waals surface area contributed by atoms with Gasteiger partial charge in [-0.25, -0.2) is 4.79 Å². The highest BCUT2D eigenvalue weighted by atomic mass is 16.3. The first-order valence-corrected chi connectivity index (χ1v) is 7.36. The lowest BCUT2D eigenvalue weighted by molar-refractivity contribution is 0.176. The number of amides is 2. The number of hydrogen-bond donors (Lipinski definition) is 3. The number of β-amino-alcohol motifs (C(OH)–C–C–N with tert-alkyl or cyclic N) is 1. The average Bonchev–Trinajstić information content (AvgIpc) is 2.81. The number of fused-ring (bicyclic) bond motifs is 1. The lowest BCUT2D eigenvalue weighted by atomic mass is 9.93. The maximum Gasteiger partial charge on any atom is 0.323 e. The van der Waals surface area contributed by atoms with Gasteiger partial charge in [0.25, 0.3) is 0 Å². The van der Waals surface area contributed by atoms with E-state index in [2.05, 4.69) is 23.5 Å². The molecule has 0 aromatic heterocycles. The summed E-state index contributed by atoms with van der Waals surface area (Å²) < 4.78 is 0. The van der Waals surface area contributed by atoms with Crippen molar-refractivity contribution in [1.29, 1.82) is 0 Å². The molecular formula is C16H21N3O2. The fourth-order valence-corrected chi connectivity index (χ4v) is 3.07. The summed E-state index contributed by atoms with van der Waals surface area (Å²) in [6.07, 6.45) is 5.65. The number of rotatable bonds is 1.